The highest BCUT2D eigenvalue weighted by Crippen LogP contribution is 2.25. The number of unbranched alkanes of at least 4 members (excludes halogenated alkanes) is 2. The third-order valence-electron chi connectivity index (χ3n) is 3.04. The Morgan fingerprint density at radius 2 is 2.14 bits per heavy atom. The molecule has 0 fully saturated rings. The Bertz CT molecular complexity index is 648. The quantitative estimate of drug-likeness (QED) is 0.729. The Labute approximate surface area is 132 Å². The van der Waals surface area contributed by atoms with Crippen LogP contribution in [0.2, 0.25) is 0 Å². The Morgan fingerprint density at radius 1 is 1.32 bits per heavy atom. The summed E-state index contributed by atoms with van der Waals surface area (Å²) in [5.41, 5.74) is 0.375. The molecule has 1 amide bonds. The molecule has 2 aromatic heterocycles. The highest BCUT2D eigenvalue weighted by atomic mass is 32.1. The minimum atomic E-state index is -0.785. The van der Waals surface area contributed by atoms with E-state index in [4.69, 9.17) is 9.52 Å². The Kier molecular flexibility index (Phi) is 5.71. The largest absolute Gasteiger partial charge is 0.481 e. The van der Waals surface area contributed by atoms with Gasteiger partial charge in [-0.15, -0.1) is 11.3 Å². The smallest absolute Gasteiger partial charge is 0.303 e. The molecule has 0 aliphatic heterocycles. The lowest BCUT2D eigenvalue weighted by Crippen LogP contribution is -2.24. The molecule has 7 heteroatoms. The van der Waals surface area contributed by atoms with Gasteiger partial charge in [0.2, 0.25) is 0 Å². The summed E-state index contributed by atoms with van der Waals surface area (Å²) in [5.74, 6) is 0.462. The average Bonchev–Trinajstić information content (AvgIpc) is 3.10. The molecule has 0 atom stereocenters. The highest BCUT2D eigenvalue weighted by molar-refractivity contribution is 7.13. The molecule has 0 saturated carbocycles. The molecule has 22 heavy (non-hydrogen) atoms. The van der Waals surface area contributed by atoms with Gasteiger partial charge in [0.15, 0.2) is 10.8 Å². The molecule has 0 aliphatic rings. The van der Waals surface area contributed by atoms with Crippen LogP contribution in [-0.4, -0.2) is 28.5 Å². The molecule has 2 rings (SSSR count). The van der Waals surface area contributed by atoms with Crippen LogP contribution in [0.25, 0.3) is 10.8 Å². The summed E-state index contributed by atoms with van der Waals surface area (Å²) in [6, 6.07) is 3.69. The molecule has 0 aromatic carbocycles. The van der Waals surface area contributed by atoms with E-state index in [1.54, 1.807) is 5.38 Å². The van der Waals surface area contributed by atoms with Crippen molar-refractivity contribution in [1.82, 2.24) is 10.3 Å². The van der Waals surface area contributed by atoms with Crippen molar-refractivity contribution in [2.45, 2.75) is 32.6 Å². The molecule has 0 radical (unpaired) electrons. The maximum atomic E-state index is 11.9. The Morgan fingerprint density at radius 3 is 2.82 bits per heavy atom. The summed E-state index contributed by atoms with van der Waals surface area (Å²) in [6.07, 6.45) is 2.34. The van der Waals surface area contributed by atoms with Gasteiger partial charge in [0, 0.05) is 18.3 Å². The van der Waals surface area contributed by atoms with Gasteiger partial charge in [0.1, 0.15) is 11.5 Å². The van der Waals surface area contributed by atoms with Crippen LogP contribution in [0.3, 0.4) is 0 Å². The number of carbonyl (C=O) groups excluding carboxylic acids is 1. The molecule has 2 N–H and O–H groups in total. The van der Waals surface area contributed by atoms with Crippen LogP contribution in [-0.2, 0) is 4.79 Å². The number of nitrogens with zero attached hydrogens (tertiary/aromatic N) is 1. The van der Waals surface area contributed by atoms with Crippen molar-refractivity contribution >= 4 is 23.2 Å². The lowest BCUT2D eigenvalue weighted by molar-refractivity contribution is -0.137. The maximum Gasteiger partial charge on any atom is 0.303 e. The first-order chi connectivity index (χ1) is 10.6. The van der Waals surface area contributed by atoms with Crippen LogP contribution in [0, 0.1) is 6.92 Å². The van der Waals surface area contributed by atoms with E-state index in [0.717, 1.165) is 18.6 Å². The number of nitrogens with one attached hydrogen (secondary N) is 1. The summed E-state index contributed by atoms with van der Waals surface area (Å²) >= 11 is 1.36. The summed E-state index contributed by atoms with van der Waals surface area (Å²) < 4.78 is 5.48. The lowest BCUT2D eigenvalue weighted by Gasteiger charge is -2.02. The van der Waals surface area contributed by atoms with Gasteiger partial charge in [0.05, 0.1) is 0 Å². The molecule has 2 heterocycles. The molecule has 2 aromatic rings. The van der Waals surface area contributed by atoms with E-state index in [2.05, 4.69) is 10.3 Å². The number of aromatic nitrogens is 1. The van der Waals surface area contributed by atoms with Crippen LogP contribution in [0.5, 0.6) is 0 Å². The second-order valence-corrected chi connectivity index (χ2v) is 5.77. The fourth-order valence-corrected chi connectivity index (χ4v) is 2.67. The fourth-order valence-electron chi connectivity index (χ4n) is 1.91. The second kappa shape index (κ2) is 7.74. The molecule has 118 valence electrons. The maximum absolute atomic E-state index is 11.9. The number of carboxylic acids is 1. The zero-order valence-corrected chi connectivity index (χ0v) is 13.1. The van der Waals surface area contributed by atoms with Crippen molar-refractivity contribution in [2.75, 3.05) is 6.54 Å². The summed E-state index contributed by atoms with van der Waals surface area (Å²) in [6.45, 7) is 2.38. The molecule has 0 aliphatic carbocycles. The first kappa shape index (κ1) is 16.2. The second-order valence-electron chi connectivity index (χ2n) is 4.91. The molecule has 0 unspecified atom stereocenters. The number of rotatable bonds is 8. The summed E-state index contributed by atoms with van der Waals surface area (Å²) in [4.78, 5) is 26.6. The van der Waals surface area contributed by atoms with E-state index in [0.29, 0.717) is 29.4 Å². The van der Waals surface area contributed by atoms with Crippen LogP contribution in [0.15, 0.2) is 21.9 Å². The monoisotopic (exact) mass is 322 g/mol. The van der Waals surface area contributed by atoms with Crippen LogP contribution >= 0.6 is 11.3 Å². The van der Waals surface area contributed by atoms with Gasteiger partial charge in [-0.1, -0.05) is 6.42 Å². The molecular weight excluding hydrogens is 304 g/mol. The topological polar surface area (TPSA) is 92.4 Å². The number of carbonyl (C=O) groups is 2. The number of aryl methyl sites for hydroxylation is 1. The van der Waals surface area contributed by atoms with Gasteiger partial charge in [-0.3, -0.25) is 9.59 Å². The van der Waals surface area contributed by atoms with Gasteiger partial charge in [-0.2, -0.15) is 0 Å². The molecule has 6 nitrogen and oxygen atoms in total. The zero-order valence-electron chi connectivity index (χ0n) is 12.3. The van der Waals surface area contributed by atoms with Crippen molar-refractivity contribution in [3.05, 3.63) is 29.0 Å². The summed E-state index contributed by atoms with van der Waals surface area (Å²) in [5, 5.41) is 13.7. The average molecular weight is 322 g/mol. The number of amides is 1. The highest BCUT2D eigenvalue weighted by Gasteiger charge is 2.13. The minimum absolute atomic E-state index is 0.173. The van der Waals surface area contributed by atoms with E-state index < -0.39 is 5.97 Å². The first-order valence-corrected chi connectivity index (χ1v) is 7.96. The SMILES string of the molecule is Cc1ccc(-c2nc(C(=O)NCCCCCC(=O)O)cs2)o1. The Hall–Kier alpha value is -2.15. The molecule has 0 bridgehead atoms. The van der Waals surface area contributed by atoms with Crippen molar-refractivity contribution in [3.8, 4) is 10.8 Å². The van der Waals surface area contributed by atoms with Gasteiger partial charge < -0.3 is 14.8 Å². The first-order valence-electron chi connectivity index (χ1n) is 7.08. The lowest BCUT2D eigenvalue weighted by atomic mass is 10.2. The predicted molar refractivity (Wildman–Crippen MR) is 83.0 cm³/mol. The van der Waals surface area contributed by atoms with E-state index in [9.17, 15) is 9.59 Å². The van der Waals surface area contributed by atoms with Crippen molar-refractivity contribution < 1.29 is 19.1 Å². The number of aliphatic carboxylic acids is 1. The zero-order chi connectivity index (χ0) is 15.9. The van der Waals surface area contributed by atoms with Gasteiger partial charge >= 0.3 is 5.97 Å². The minimum Gasteiger partial charge on any atom is -0.481 e. The number of hydrogen-bond acceptors (Lipinski definition) is 5. The van der Waals surface area contributed by atoms with E-state index in [1.165, 1.54) is 11.3 Å². The molecule has 0 spiro atoms. The van der Waals surface area contributed by atoms with E-state index in [-0.39, 0.29) is 12.3 Å². The van der Waals surface area contributed by atoms with Crippen molar-refractivity contribution in [3.63, 3.8) is 0 Å². The van der Waals surface area contributed by atoms with Gasteiger partial charge in [0.25, 0.3) is 5.91 Å². The molecular formula is C15H18N2O4S. The Balaban J connectivity index is 1.76. The van der Waals surface area contributed by atoms with Gasteiger partial charge in [-0.25, -0.2) is 4.98 Å². The number of carboxylic acid groups (broad SMARTS) is 1. The predicted octanol–water partition coefficient (Wildman–Crippen LogP) is 3.09. The van der Waals surface area contributed by atoms with E-state index >= 15 is 0 Å². The van der Waals surface area contributed by atoms with Gasteiger partial charge in [-0.05, 0) is 31.9 Å². The third-order valence-corrected chi connectivity index (χ3v) is 3.90. The van der Waals surface area contributed by atoms with Crippen molar-refractivity contribution in [2.24, 2.45) is 0 Å². The standard InChI is InChI=1S/C15H18N2O4S/c1-10-6-7-12(21-10)15-17-11(9-22-15)14(20)16-8-4-2-3-5-13(18)19/h6-7,9H,2-5,8H2,1H3,(H,16,20)(H,18,19). The number of hydrogen-bond donors (Lipinski definition) is 2. The molecule has 0 saturated heterocycles. The fraction of sp³-hybridized carbons (Fsp3) is 0.400. The number of furan rings is 1. The summed E-state index contributed by atoms with van der Waals surface area (Å²) in [7, 11) is 0. The van der Waals surface area contributed by atoms with Crippen molar-refractivity contribution in [1.29, 1.82) is 0 Å². The normalized spacial score (nSPS) is 10.6. The van der Waals surface area contributed by atoms with Crippen LogP contribution in [0.1, 0.15) is 41.9 Å². The van der Waals surface area contributed by atoms with Crippen LogP contribution < -0.4 is 5.32 Å². The van der Waals surface area contributed by atoms with Crippen LogP contribution in [0.4, 0.5) is 0 Å². The number of thiazole rings is 1. The third kappa shape index (κ3) is 4.70. The van der Waals surface area contributed by atoms with E-state index in [1.807, 2.05) is 19.1 Å².